The van der Waals surface area contributed by atoms with Crippen molar-refractivity contribution in [3.05, 3.63) is 156 Å². The zero-order chi connectivity index (χ0) is 23.0. The zero-order valence-electron chi connectivity index (χ0n) is 18.5. The molecule has 0 saturated heterocycles. The summed E-state index contributed by atoms with van der Waals surface area (Å²) in [5.74, 6) is 0.159. The molecule has 4 aromatic rings. The summed E-state index contributed by atoms with van der Waals surface area (Å²) in [5, 5.41) is -0.260. The Bertz CT molecular complexity index is 1380. The Balaban J connectivity index is 1.64. The third-order valence-electron chi connectivity index (χ3n) is 6.55. The molecule has 0 N–H and O–H groups in total. The van der Waals surface area contributed by atoms with E-state index in [-0.39, 0.29) is 11.1 Å². The predicted molar refractivity (Wildman–Crippen MR) is 156 cm³/mol. The molecule has 0 radical (unpaired) electrons. The third kappa shape index (κ3) is 3.67. The molecule has 0 amide bonds. The van der Waals surface area contributed by atoms with Gasteiger partial charge >= 0.3 is 0 Å². The van der Waals surface area contributed by atoms with Crippen LogP contribution in [0, 0.1) is 0 Å². The Labute approximate surface area is 214 Å². The molecule has 2 aliphatic heterocycles. The second-order valence-corrected chi connectivity index (χ2v) is 19.6. The van der Waals surface area contributed by atoms with Gasteiger partial charge < -0.3 is 0 Å². The summed E-state index contributed by atoms with van der Waals surface area (Å²) in [4.78, 5) is 2.61. The van der Waals surface area contributed by atoms with Gasteiger partial charge in [-0.15, -0.1) is 0 Å². The molecule has 0 aliphatic carbocycles. The lowest BCUT2D eigenvalue weighted by molar-refractivity contribution is 0.677. The van der Waals surface area contributed by atoms with E-state index in [1.165, 1.54) is 32.1 Å². The number of hydrogen-bond donors (Lipinski definition) is 0. The molecule has 6 rings (SSSR count). The molecule has 0 nitrogen and oxygen atoms in total. The first kappa shape index (κ1) is 22.2. The molecule has 0 fully saturated rings. The van der Waals surface area contributed by atoms with Crippen LogP contribution in [0.2, 0.25) is 0 Å². The van der Waals surface area contributed by atoms with Crippen molar-refractivity contribution in [2.45, 2.75) is 11.1 Å². The maximum atomic E-state index is 6.81. The third-order valence-corrected chi connectivity index (χ3v) is 17.7. The standard InChI is InChI=1S/C30H23PS3/c32-31-30(26-19-11-4-12-20-26,22-29(34-31)25-17-9-3-10-18-25)27(23-13-5-1-6-14-23)21-28(33-31)24-15-7-2-8-16-24/h1-22,27H. The van der Waals surface area contributed by atoms with E-state index in [9.17, 15) is 0 Å². The van der Waals surface area contributed by atoms with E-state index in [1.807, 2.05) is 22.8 Å². The maximum Gasteiger partial charge on any atom is 0.0811 e. The topological polar surface area (TPSA) is 0 Å². The van der Waals surface area contributed by atoms with E-state index >= 15 is 0 Å². The van der Waals surface area contributed by atoms with E-state index in [0.29, 0.717) is 0 Å². The minimum atomic E-state index is -2.09. The van der Waals surface area contributed by atoms with Crippen LogP contribution in [0.4, 0.5) is 0 Å². The Morgan fingerprint density at radius 1 is 0.588 bits per heavy atom. The molecule has 166 valence electrons. The van der Waals surface area contributed by atoms with Crippen LogP contribution < -0.4 is 0 Å². The van der Waals surface area contributed by atoms with Crippen LogP contribution in [0.25, 0.3) is 9.81 Å². The molecule has 4 aromatic carbocycles. The fraction of sp³-hybridized carbons (Fsp3) is 0.0667. The van der Waals surface area contributed by atoms with Crippen LogP contribution in [-0.4, -0.2) is 0 Å². The summed E-state index contributed by atoms with van der Waals surface area (Å²) in [6.45, 7) is 0. The van der Waals surface area contributed by atoms with Gasteiger partial charge in [0.1, 0.15) is 0 Å². The first-order valence-electron chi connectivity index (χ1n) is 11.3. The molecule has 34 heavy (non-hydrogen) atoms. The van der Waals surface area contributed by atoms with Crippen molar-refractivity contribution in [3.63, 3.8) is 0 Å². The molecule has 0 spiro atoms. The summed E-state index contributed by atoms with van der Waals surface area (Å²) in [6.07, 6.45) is 5.00. The highest BCUT2D eigenvalue weighted by Crippen LogP contribution is 2.92. The van der Waals surface area contributed by atoms with Crippen molar-refractivity contribution in [2.75, 3.05) is 0 Å². The first-order valence-corrected chi connectivity index (χ1v) is 17.0. The fourth-order valence-electron chi connectivity index (χ4n) is 4.93. The second kappa shape index (κ2) is 9.06. The van der Waals surface area contributed by atoms with Crippen LogP contribution in [0.3, 0.4) is 0 Å². The van der Waals surface area contributed by atoms with E-state index in [1.54, 1.807) is 0 Å². The molecular formula is C30H23PS3. The number of fused-ring (bicyclic) bond motifs is 1. The Morgan fingerprint density at radius 2 is 1.06 bits per heavy atom. The number of allylic oxidation sites excluding steroid dienone is 2. The summed E-state index contributed by atoms with van der Waals surface area (Å²) < 4.78 is -2.09. The minimum Gasteiger partial charge on any atom is -0.0760 e. The lowest BCUT2D eigenvalue weighted by atomic mass is 9.79. The highest BCUT2D eigenvalue weighted by molar-refractivity contribution is 9.04. The van der Waals surface area contributed by atoms with Crippen LogP contribution >= 0.6 is 27.2 Å². The van der Waals surface area contributed by atoms with Gasteiger partial charge in [-0.3, -0.25) is 0 Å². The van der Waals surface area contributed by atoms with Crippen LogP contribution in [0.1, 0.15) is 28.2 Å². The van der Waals surface area contributed by atoms with Crippen molar-refractivity contribution in [3.8, 4) is 0 Å². The SMILES string of the molecule is S=P12SC(c3ccccc3)=CC(c3ccccc3)C1(c1ccccc1)C=C(c1ccccc1)S2. The minimum absolute atomic E-state index is 0.159. The largest absolute Gasteiger partial charge is 0.0811 e. The molecule has 2 aliphatic rings. The van der Waals surface area contributed by atoms with Gasteiger partial charge in [0.05, 0.1) is 9.60 Å². The predicted octanol–water partition coefficient (Wildman–Crippen LogP) is 9.55. The Morgan fingerprint density at radius 3 is 1.65 bits per heavy atom. The fourth-order valence-corrected chi connectivity index (χ4v) is 17.3. The lowest BCUT2D eigenvalue weighted by Crippen LogP contribution is -2.29. The van der Waals surface area contributed by atoms with Gasteiger partial charge in [-0.05, 0) is 22.3 Å². The average molecular weight is 511 g/mol. The van der Waals surface area contributed by atoms with Gasteiger partial charge in [-0.1, -0.05) is 168 Å². The van der Waals surface area contributed by atoms with E-state index in [2.05, 4.69) is 133 Å². The van der Waals surface area contributed by atoms with Gasteiger partial charge in [-0.2, -0.15) is 0 Å². The van der Waals surface area contributed by atoms with Crippen molar-refractivity contribution < 1.29 is 0 Å². The van der Waals surface area contributed by atoms with E-state index < -0.39 is 4.44 Å². The summed E-state index contributed by atoms with van der Waals surface area (Å²) in [6, 6.07) is 43.4. The van der Waals surface area contributed by atoms with Gasteiger partial charge in [0, 0.05) is 15.7 Å². The zero-order valence-corrected chi connectivity index (χ0v) is 21.8. The molecule has 0 aromatic heterocycles. The van der Waals surface area contributed by atoms with Crippen molar-refractivity contribution in [1.29, 1.82) is 0 Å². The monoisotopic (exact) mass is 510 g/mol. The summed E-state index contributed by atoms with van der Waals surface area (Å²) >= 11 is 10.7. The van der Waals surface area contributed by atoms with Crippen molar-refractivity contribution in [1.82, 2.24) is 0 Å². The average Bonchev–Trinajstić information content (AvgIpc) is 3.24. The Kier molecular flexibility index (Phi) is 5.91. The first-order chi connectivity index (χ1) is 16.7. The molecule has 0 bridgehead atoms. The summed E-state index contributed by atoms with van der Waals surface area (Å²) in [7, 11) is 0. The second-order valence-electron chi connectivity index (χ2n) is 8.53. The highest BCUT2D eigenvalue weighted by Gasteiger charge is 2.57. The van der Waals surface area contributed by atoms with Gasteiger partial charge in [0.2, 0.25) is 0 Å². The molecule has 0 saturated carbocycles. The lowest BCUT2D eigenvalue weighted by Gasteiger charge is -2.46. The molecule has 3 atom stereocenters. The molecule has 3 unspecified atom stereocenters. The molecule has 4 heteroatoms. The Hall–Kier alpha value is -2.29. The molecule has 2 heterocycles. The summed E-state index contributed by atoms with van der Waals surface area (Å²) in [5.41, 5.74) is 5.16. The van der Waals surface area contributed by atoms with E-state index in [4.69, 9.17) is 11.8 Å². The van der Waals surface area contributed by atoms with Gasteiger partial charge in [0.15, 0.2) is 0 Å². The normalized spacial score (nSPS) is 25.8. The highest BCUT2D eigenvalue weighted by atomic mass is 33.2. The van der Waals surface area contributed by atoms with Crippen LogP contribution in [0.15, 0.2) is 133 Å². The van der Waals surface area contributed by atoms with Crippen molar-refractivity contribution >= 4 is 48.8 Å². The quantitative estimate of drug-likeness (QED) is 0.251. The number of rotatable bonds is 4. The van der Waals surface area contributed by atoms with Gasteiger partial charge in [0.25, 0.3) is 0 Å². The smallest absolute Gasteiger partial charge is 0.0760 e. The van der Waals surface area contributed by atoms with E-state index in [0.717, 1.165) is 0 Å². The molecular weight excluding hydrogens is 488 g/mol. The number of hydrogen-bond acceptors (Lipinski definition) is 3. The van der Waals surface area contributed by atoms with Crippen molar-refractivity contribution in [2.24, 2.45) is 0 Å². The van der Waals surface area contributed by atoms with Crippen LogP contribution in [-0.2, 0) is 17.0 Å². The maximum absolute atomic E-state index is 6.81. The number of benzene rings is 4. The van der Waals surface area contributed by atoms with Crippen LogP contribution in [0.5, 0.6) is 0 Å². The van der Waals surface area contributed by atoms with Gasteiger partial charge in [-0.25, -0.2) is 0 Å².